The lowest BCUT2D eigenvalue weighted by Gasteiger charge is -2.36. The molecule has 0 saturated heterocycles. The van der Waals surface area contributed by atoms with Crippen molar-refractivity contribution in [3.8, 4) is 0 Å². The van der Waals surface area contributed by atoms with Gasteiger partial charge in [0.05, 0.1) is 17.6 Å². The van der Waals surface area contributed by atoms with Gasteiger partial charge in [-0.25, -0.2) is 4.79 Å². The maximum absolute atomic E-state index is 13.3. The van der Waals surface area contributed by atoms with Gasteiger partial charge in [-0.1, -0.05) is 12.1 Å². The highest BCUT2D eigenvalue weighted by Gasteiger charge is 2.42. The number of carbonyl (C=O) groups is 2. The van der Waals surface area contributed by atoms with Gasteiger partial charge in [0, 0.05) is 39.1 Å². The van der Waals surface area contributed by atoms with Crippen LogP contribution in [-0.4, -0.2) is 17.9 Å². The van der Waals surface area contributed by atoms with E-state index in [1.807, 2.05) is 44.4 Å². The molecule has 1 aliphatic heterocycles. The molecule has 0 unspecified atom stereocenters. The van der Waals surface area contributed by atoms with E-state index in [0.29, 0.717) is 12.0 Å². The predicted octanol–water partition coefficient (Wildman–Crippen LogP) is 5.12. The predicted molar refractivity (Wildman–Crippen MR) is 112 cm³/mol. The third-order valence-corrected chi connectivity index (χ3v) is 7.14. The Morgan fingerprint density at radius 2 is 1.82 bits per heavy atom. The van der Waals surface area contributed by atoms with Gasteiger partial charge in [-0.15, -0.1) is 22.7 Å². The maximum Gasteiger partial charge on any atom is 0.337 e. The second kappa shape index (κ2) is 7.68. The molecule has 6 heteroatoms. The third kappa shape index (κ3) is 3.47. The minimum atomic E-state index is -0.349. The number of esters is 1. The Morgan fingerprint density at radius 3 is 2.43 bits per heavy atom. The van der Waals surface area contributed by atoms with Crippen LogP contribution in [0.4, 0.5) is 0 Å². The van der Waals surface area contributed by atoms with E-state index >= 15 is 0 Å². The number of allylic oxidation sites excluding steroid dienone is 3. The van der Waals surface area contributed by atoms with Crippen molar-refractivity contribution in [1.82, 2.24) is 5.32 Å². The Balaban J connectivity index is 1.77. The zero-order chi connectivity index (χ0) is 19.8. The van der Waals surface area contributed by atoms with Crippen LogP contribution < -0.4 is 5.32 Å². The van der Waals surface area contributed by atoms with Gasteiger partial charge in [0.2, 0.25) is 0 Å². The number of thiophene rings is 2. The number of ketones is 1. The van der Waals surface area contributed by atoms with Gasteiger partial charge >= 0.3 is 5.97 Å². The smallest absolute Gasteiger partial charge is 0.337 e. The van der Waals surface area contributed by atoms with E-state index in [1.165, 1.54) is 4.88 Å². The fraction of sp³-hybridized carbons (Fsp3) is 0.364. The summed E-state index contributed by atoms with van der Waals surface area (Å²) in [6.45, 7) is 5.58. The van der Waals surface area contributed by atoms with E-state index in [2.05, 4.69) is 16.8 Å². The third-order valence-electron chi connectivity index (χ3n) is 5.16. The van der Waals surface area contributed by atoms with Crippen LogP contribution in [0.2, 0.25) is 0 Å². The van der Waals surface area contributed by atoms with Gasteiger partial charge in [0.1, 0.15) is 0 Å². The lowest BCUT2D eigenvalue weighted by atomic mass is 9.74. The average Bonchev–Trinajstić information content (AvgIpc) is 3.33. The Kier molecular flexibility index (Phi) is 5.25. The summed E-state index contributed by atoms with van der Waals surface area (Å²) in [7, 11) is 0. The van der Waals surface area contributed by atoms with Crippen LogP contribution in [0.3, 0.4) is 0 Å². The van der Waals surface area contributed by atoms with Crippen molar-refractivity contribution in [2.75, 3.05) is 0 Å². The topological polar surface area (TPSA) is 55.4 Å². The molecule has 2 atom stereocenters. The Morgan fingerprint density at radius 1 is 1.14 bits per heavy atom. The summed E-state index contributed by atoms with van der Waals surface area (Å²) in [6.07, 6.45) is 1.05. The molecule has 0 bridgehead atoms. The van der Waals surface area contributed by atoms with Crippen molar-refractivity contribution < 1.29 is 14.3 Å². The first-order chi connectivity index (χ1) is 13.5. The summed E-state index contributed by atoms with van der Waals surface area (Å²) < 4.78 is 5.52. The summed E-state index contributed by atoms with van der Waals surface area (Å²) in [5, 5.41) is 7.42. The molecule has 4 rings (SSSR count). The van der Waals surface area contributed by atoms with Crippen molar-refractivity contribution in [3.63, 3.8) is 0 Å². The lowest BCUT2D eigenvalue weighted by molar-refractivity contribution is -0.143. The van der Waals surface area contributed by atoms with Crippen molar-refractivity contribution >= 4 is 34.4 Å². The number of rotatable bonds is 4. The highest BCUT2D eigenvalue weighted by molar-refractivity contribution is 7.10. The zero-order valence-electron chi connectivity index (χ0n) is 16.2. The average molecular weight is 414 g/mol. The minimum absolute atomic E-state index is 0.118. The van der Waals surface area contributed by atoms with Crippen LogP contribution in [-0.2, 0) is 14.3 Å². The molecule has 2 aromatic rings. The highest BCUT2D eigenvalue weighted by Crippen LogP contribution is 2.47. The molecule has 0 radical (unpaired) electrons. The van der Waals surface area contributed by atoms with Gasteiger partial charge in [-0.2, -0.15) is 0 Å². The molecule has 1 aliphatic carbocycles. The molecule has 3 heterocycles. The summed E-state index contributed by atoms with van der Waals surface area (Å²) in [5.74, 6) is -0.384. The van der Waals surface area contributed by atoms with Crippen molar-refractivity contribution in [2.45, 2.75) is 51.6 Å². The summed E-state index contributed by atoms with van der Waals surface area (Å²) in [4.78, 5) is 28.4. The standard InChI is InChI=1S/C22H23NO3S2/c1-12(2)26-22(25)19-13(3)23-15-10-14(17-6-4-8-27-17)11-16(24)20(15)21(19)18-7-5-9-28-18/h4-9,12,14,21,23H,10-11H2,1-3H3/t14-,21-/m0/s1. The van der Waals surface area contributed by atoms with Gasteiger partial charge in [0.15, 0.2) is 5.78 Å². The Bertz CT molecular complexity index is 952. The molecular formula is C22H23NO3S2. The second-order valence-corrected chi connectivity index (χ2v) is 9.46. The molecule has 28 heavy (non-hydrogen) atoms. The van der Waals surface area contributed by atoms with Gasteiger partial charge in [-0.05, 0) is 50.1 Å². The van der Waals surface area contributed by atoms with Crippen molar-refractivity contribution in [3.05, 3.63) is 67.3 Å². The molecule has 2 aliphatic rings. The molecule has 2 aromatic heterocycles. The summed E-state index contributed by atoms with van der Waals surface area (Å²) in [5.41, 5.74) is 3.02. The van der Waals surface area contributed by atoms with Crippen LogP contribution in [0, 0.1) is 0 Å². The van der Waals surface area contributed by atoms with E-state index < -0.39 is 0 Å². The highest BCUT2D eigenvalue weighted by atomic mass is 32.1. The lowest BCUT2D eigenvalue weighted by Crippen LogP contribution is -2.36. The van der Waals surface area contributed by atoms with Gasteiger partial charge in [0.25, 0.3) is 0 Å². The summed E-state index contributed by atoms with van der Waals surface area (Å²) in [6, 6.07) is 8.09. The molecule has 0 saturated carbocycles. The number of Topliss-reactive ketones (excluding diaryl/α,β-unsaturated/α-hetero) is 1. The van der Waals surface area contributed by atoms with E-state index in [4.69, 9.17) is 4.74 Å². The van der Waals surface area contributed by atoms with Crippen LogP contribution in [0.15, 0.2) is 57.6 Å². The monoisotopic (exact) mass is 413 g/mol. The number of nitrogens with one attached hydrogen (secondary N) is 1. The number of hydrogen-bond donors (Lipinski definition) is 1. The van der Waals surface area contributed by atoms with Crippen LogP contribution in [0.25, 0.3) is 0 Å². The first kappa shape index (κ1) is 19.2. The Hall–Kier alpha value is -2.18. The quantitative estimate of drug-likeness (QED) is 0.707. The van der Waals surface area contributed by atoms with Crippen LogP contribution in [0.1, 0.15) is 55.2 Å². The van der Waals surface area contributed by atoms with E-state index in [-0.39, 0.29) is 29.7 Å². The fourth-order valence-corrected chi connectivity index (χ4v) is 5.73. The fourth-order valence-electron chi connectivity index (χ4n) is 4.05. The molecule has 0 fully saturated rings. The zero-order valence-corrected chi connectivity index (χ0v) is 17.8. The van der Waals surface area contributed by atoms with E-state index in [0.717, 1.165) is 28.3 Å². The molecule has 0 aromatic carbocycles. The number of hydrogen-bond acceptors (Lipinski definition) is 6. The number of ether oxygens (including phenoxy) is 1. The molecule has 4 nitrogen and oxygen atoms in total. The summed E-state index contributed by atoms with van der Waals surface area (Å²) >= 11 is 3.27. The van der Waals surface area contributed by atoms with Gasteiger partial charge in [-0.3, -0.25) is 4.79 Å². The minimum Gasteiger partial charge on any atom is -0.460 e. The molecule has 0 spiro atoms. The SMILES string of the molecule is CC1=C(C(=O)OC(C)C)[C@H](c2cccs2)C2=C(C[C@H](c3cccs3)CC2=O)N1. The molecule has 1 N–H and O–H groups in total. The number of carbonyl (C=O) groups excluding carboxylic acids is 2. The normalized spacial score (nSPS) is 22.4. The second-order valence-electron chi connectivity index (χ2n) is 7.50. The van der Waals surface area contributed by atoms with E-state index in [9.17, 15) is 9.59 Å². The maximum atomic E-state index is 13.3. The first-order valence-corrected chi connectivity index (χ1v) is 11.2. The first-order valence-electron chi connectivity index (χ1n) is 9.47. The molecule has 146 valence electrons. The van der Waals surface area contributed by atoms with Gasteiger partial charge < -0.3 is 10.1 Å². The molecule has 0 amide bonds. The molecular weight excluding hydrogens is 390 g/mol. The Labute approximate surface area is 172 Å². The van der Waals surface area contributed by atoms with Crippen molar-refractivity contribution in [2.24, 2.45) is 0 Å². The van der Waals surface area contributed by atoms with Crippen molar-refractivity contribution in [1.29, 1.82) is 0 Å². The van der Waals surface area contributed by atoms with Crippen LogP contribution in [0.5, 0.6) is 0 Å². The van der Waals surface area contributed by atoms with E-state index in [1.54, 1.807) is 22.7 Å². The largest absolute Gasteiger partial charge is 0.460 e. The number of dihydropyridines is 1. The van der Waals surface area contributed by atoms with Crippen LogP contribution >= 0.6 is 22.7 Å².